The molecule has 3 nitrogen and oxygen atoms in total. The van der Waals surface area contributed by atoms with Crippen LogP contribution >= 0.6 is 23.2 Å². The monoisotopic (exact) mass is 368 g/mol. The molecule has 6 heteroatoms. The molecule has 0 heterocycles. The molecular formula is C18H19Cl2FN2O. The molecule has 0 saturated heterocycles. The molecule has 0 aliphatic carbocycles. The lowest BCUT2D eigenvalue weighted by molar-refractivity contribution is -0.115. The minimum Gasteiger partial charge on any atom is -0.325 e. The molecule has 0 fully saturated rings. The number of halogens is 3. The van der Waals surface area contributed by atoms with Gasteiger partial charge in [-0.3, -0.25) is 4.79 Å². The molecule has 0 aromatic heterocycles. The van der Waals surface area contributed by atoms with Gasteiger partial charge >= 0.3 is 0 Å². The molecule has 2 aromatic rings. The third kappa shape index (κ3) is 4.47. The van der Waals surface area contributed by atoms with Crippen molar-refractivity contribution >= 4 is 34.8 Å². The first-order chi connectivity index (χ1) is 11.3. The first kappa shape index (κ1) is 18.7. The molecule has 0 spiro atoms. The number of carbonyl (C=O) groups excluding carboxylic acids is 1. The zero-order chi connectivity index (χ0) is 17.9. The van der Waals surface area contributed by atoms with E-state index in [9.17, 15) is 9.18 Å². The summed E-state index contributed by atoms with van der Waals surface area (Å²) in [5.41, 5.74) is 3.47. The number of hydrogen-bond acceptors (Lipinski definition) is 2. The van der Waals surface area contributed by atoms with E-state index in [0.29, 0.717) is 10.6 Å². The molecule has 2 N–H and O–H groups in total. The highest BCUT2D eigenvalue weighted by Gasteiger charge is 2.14. The van der Waals surface area contributed by atoms with Gasteiger partial charge in [-0.1, -0.05) is 35.3 Å². The normalized spacial score (nSPS) is 12.1. The van der Waals surface area contributed by atoms with Crippen LogP contribution in [0.2, 0.25) is 10.0 Å². The van der Waals surface area contributed by atoms with Crippen molar-refractivity contribution in [2.75, 3.05) is 11.9 Å². The molecule has 1 atom stereocenters. The zero-order valence-electron chi connectivity index (χ0n) is 13.7. The number of aryl methyl sites for hydroxylation is 1. The second-order valence-corrected chi connectivity index (χ2v) is 6.50. The lowest BCUT2D eigenvalue weighted by Gasteiger charge is -2.17. The lowest BCUT2D eigenvalue weighted by Crippen LogP contribution is -2.30. The fourth-order valence-electron chi connectivity index (χ4n) is 2.31. The summed E-state index contributed by atoms with van der Waals surface area (Å²) in [6.45, 7) is 5.83. The fourth-order valence-corrected chi connectivity index (χ4v) is 2.85. The average molecular weight is 369 g/mol. The van der Waals surface area contributed by atoms with Gasteiger partial charge in [-0.25, -0.2) is 4.39 Å². The summed E-state index contributed by atoms with van der Waals surface area (Å²) in [7, 11) is 0. The Bertz CT molecular complexity index is 765. The van der Waals surface area contributed by atoms with Gasteiger partial charge < -0.3 is 10.6 Å². The average Bonchev–Trinajstić information content (AvgIpc) is 2.53. The minimum atomic E-state index is -0.537. The van der Waals surface area contributed by atoms with Crippen LogP contribution < -0.4 is 10.6 Å². The Balaban J connectivity index is 1.99. The minimum absolute atomic E-state index is 0.0244. The number of rotatable bonds is 5. The highest BCUT2D eigenvalue weighted by molar-refractivity contribution is 6.35. The Morgan fingerprint density at radius 1 is 1.21 bits per heavy atom. The molecule has 0 aliphatic heterocycles. The number of anilines is 1. The molecular weight excluding hydrogens is 350 g/mol. The van der Waals surface area contributed by atoms with E-state index in [2.05, 4.69) is 10.6 Å². The van der Waals surface area contributed by atoms with Crippen molar-refractivity contribution in [3.63, 3.8) is 0 Å². The topological polar surface area (TPSA) is 41.1 Å². The van der Waals surface area contributed by atoms with E-state index in [1.165, 1.54) is 12.1 Å². The smallest absolute Gasteiger partial charge is 0.238 e. The molecule has 0 saturated carbocycles. The second-order valence-electron chi connectivity index (χ2n) is 5.69. The number of benzene rings is 2. The molecule has 128 valence electrons. The predicted molar refractivity (Wildman–Crippen MR) is 97.4 cm³/mol. The second kappa shape index (κ2) is 7.97. The maximum Gasteiger partial charge on any atom is 0.238 e. The molecule has 0 radical (unpaired) electrons. The van der Waals surface area contributed by atoms with Crippen molar-refractivity contribution in [2.24, 2.45) is 0 Å². The highest BCUT2D eigenvalue weighted by atomic mass is 35.5. The quantitative estimate of drug-likeness (QED) is 0.725. The van der Waals surface area contributed by atoms with Crippen molar-refractivity contribution in [3.05, 3.63) is 62.9 Å². The Kier molecular flexibility index (Phi) is 6.21. The Hall–Kier alpha value is -1.62. The first-order valence-electron chi connectivity index (χ1n) is 7.53. The van der Waals surface area contributed by atoms with Gasteiger partial charge in [0.2, 0.25) is 5.91 Å². The summed E-state index contributed by atoms with van der Waals surface area (Å²) in [5, 5.41) is 6.23. The third-order valence-electron chi connectivity index (χ3n) is 3.95. The maximum absolute atomic E-state index is 13.6. The summed E-state index contributed by atoms with van der Waals surface area (Å²) in [5.74, 6) is -0.717. The molecule has 0 bridgehead atoms. The predicted octanol–water partition coefficient (Wildman–Crippen LogP) is 5.04. The molecule has 0 aliphatic rings. The number of carbonyl (C=O) groups is 1. The summed E-state index contributed by atoms with van der Waals surface area (Å²) < 4.78 is 13.6. The molecule has 0 unspecified atom stereocenters. The number of hydrogen-bond donors (Lipinski definition) is 2. The first-order valence-corrected chi connectivity index (χ1v) is 8.29. The van der Waals surface area contributed by atoms with Crippen molar-refractivity contribution in [1.82, 2.24) is 5.32 Å². The van der Waals surface area contributed by atoms with E-state index in [-0.39, 0.29) is 23.5 Å². The van der Waals surface area contributed by atoms with Crippen LogP contribution in [0.5, 0.6) is 0 Å². The van der Waals surface area contributed by atoms with Gasteiger partial charge in [0.15, 0.2) is 0 Å². The van der Waals surface area contributed by atoms with Gasteiger partial charge in [0, 0.05) is 16.8 Å². The standard InChI is InChI=1S/C18H19Cl2FN2O/c1-10-5-4-6-17(11(10)2)23-18(24)9-22-12(3)13-7-16(21)15(20)8-14(13)19/h4-8,12,22H,9H2,1-3H3,(H,23,24)/t12-/m0/s1. The van der Waals surface area contributed by atoms with Crippen LogP contribution in [0.1, 0.15) is 29.7 Å². The van der Waals surface area contributed by atoms with Crippen LogP contribution in [0.25, 0.3) is 0 Å². The van der Waals surface area contributed by atoms with Crippen molar-refractivity contribution in [3.8, 4) is 0 Å². The van der Waals surface area contributed by atoms with Crippen LogP contribution in [0.15, 0.2) is 30.3 Å². The van der Waals surface area contributed by atoms with Crippen LogP contribution in [-0.4, -0.2) is 12.5 Å². The SMILES string of the molecule is Cc1cccc(NC(=O)CN[C@@H](C)c2cc(F)c(Cl)cc2Cl)c1C. The van der Waals surface area contributed by atoms with Crippen molar-refractivity contribution in [1.29, 1.82) is 0 Å². The van der Waals surface area contributed by atoms with Crippen LogP contribution in [0.4, 0.5) is 10.1 Å². The zero-order valence-corrected chi connectivity index (χ0v) is 15.2. The molecule has 2 aromatic carbocycles. The van der Waals surface area contributed by atoms with E-state index in [4.69, 9.17) is 23.2 Å². The Morgan fingerprint density at radius 2 is 1.92 bits per heavy atom. The number of nitrogens with one attached hydrogen (secondary N) is 2. The van der Waals surface area contributed by atoms with Gasteiger partial charge in [0.25, 0.3) is 0 Å². The van der Waals surface area contributed by atoms with Crippen molar-refractivity contribution < 1.29 is 9.18 Å². The third-order valence-corrected chi connectivity index (χ3v) is 4.57. The van der Waals surface area contributed by atoms with E-state index in [0.717, 1.165) is 16.8 Å². The number of amides is 1. The summed E-state index contributed by atoms with van der Waals surface area (Å²) in [6.07, 6.45) is 0. The van der Waals surface area contributed by atoms with Crippen LogP contribution in [0.3, 0.4) is 0 Å². The molecule has 1 amide bonds. The summed E-state index contributed by atoms with van der Waals surface area (Å²) in [4.78, 5) is 12.1. The Morgan fingerprint density at radius 3 is 2.62 bits per heavy atom. The lowest BCUT2D eigenvalue weighted by atomic mass is 10.1. The molecule has 24 heavy (non-hydrogen) atoms. The van der Waals surface area contributed by atoms with Crippen LogP contribution in [-0.2, 0) is 4.79 Å². The van der Waals surface area contributed by atoms with Gasteiger partial charge in [-0.05, 0) is 55.7 Å². The summed E-state index contributed by atoms with van der Waals surface area (Å²) >= 11 is 11.8. The van der Waals surface area contributed by atoms with Crippen molar-refractivity contribution in [2.45, 2.75) is 26.8 Å². The van der Waals surface area contributed by atoms with E-state index in [1.807, 2.05) is 32.0 Å². The van der Waals surface area contributed by atoms with Gasteiger partial charge in [-0.15, -0.1) is 0 Å². The van der Waals surface area contributed by atoms with Gasteiger partial charge in [0.05, 0.1) is 11.6 Å². The van der Waals surface area contributed by atoms with Gasteiger partial charge in [0.1, 0.15) is 5.82 Å². The van der Waals surface area contributed by atoms with E-state index in [1.54, 1.807) is 6.92 Å². The maximum atomic E-state index is 13.6. The molecule has 2 rings (SSSR count). The van der Waals surface area contributed by atoms with E-state index >= 15 is 0 Å². The van der Waals surface area contributed by atoms with Gasteiger partial charge in [-0.2, -0.15) is 0 Å². The fraction of sp³-hybridized carbons (Fsp3) is 0.278. The van der Waals surface area contributed by atoms with Crippen LogP contribution in [0, 0.1) is 19.7 Å². The summed E-state index contributed by atoms with van der Waals surface area (Å²) in [6, 6.07) is 8.09. The Labute approximate surface area is 151 Å². The van der Waals surface area contributed by atoms with E-state index < -0.39 is 5.82 Å². The highest BCUT2D eigenvalue weighted by Crippen LogP contribution is 2.28. The largest absolute Gasteiger partial charge is 0.325 e.